The van der Waals surface area contributed by atoms with Crippen molar-refractivity contribution in [2.45, 2.75) is 25.9 Å². The van der Waals surface area contributed by atoms with Crippen molar-refractivity contribution < 1.29 is 4.39 Å². The molecular weight excluding hydrogens is 385 g/mol. The van der Waals surface area contributed by atoms with Crippen LogP contribution in [0.3, 0.4) is 0 Å². The van der Waals surface area contributed by atoms with Crippen LogP contribution in [0, 0.1) is 5.82 Å². The Morgan fingerprint density at radius 2 is 1.70 bits per heavy atom. The predicted octanol–water partition coefficient (Wildman–Crippen LogP) is 5.38. The summed E-state index contributed by atoms with van der Waals surface area (Å²) in [5, 5.41) is 3.50. The normalized spacial score (nSPS) is 11.7. The molecule has 0 unspecified atom stereocenters. The molecule has 2 aromatic carbocycles. The molecule has 0 heterocycles. The van der Waals surface area contributed by atoms with Crippen LogP contribution in [0.2, 0.25) is 0 Å². The SMILES string of the molecule is CC(C)(NCc1ccc(F)c(Br)c1)c1ccc(Br)cc1. The third-order valence-corrected chi connectivity index (χ3v) is 4.42. The van der Waals surface area contributed by atoms with Gasteiger partial charge in [0.1, 0.15) is 5.82 Å². The summed E-state index contributed by atoms with van der Waals surface area (Å²) in [4.78, 5) is 0. The van der Waals surface area contributed by atoms with Gasteiger partial charge in [-0.05, 0) is 65.2 Å². The highest BCUT2D eigenvalue weighted by Crippen LogP contribution is 2.23. The largest absolute Gasteiger partial charge is 0.304 e. The molecule has 0 spiro atoms. The van der Waals surface area contributed by atoms with Gasteiger partial charge in [-0.15, -0.1) is 0 Å². The Labute approximate surface area is 135 Å². The number of rotatable bonds is 4. The average Bonchev–Trinajstić information content (AvgIpc) is 2.41. The maximum atomic E-state index is 13.2. The first kappa shape index (κ1) is 15.7. The van der Waals surface area contributed by atoms with E-state index in [-0.39, 0.29) is 11.4 Å². The molecule has 0 aliphatic rings. The molecule has 0 fully saturated rings. The van der Waals surface area contributed by atoms with E-state index < -0.39 is 0 Å². The highest BCUT2D eigenvalue weighted by molar-refractivity contribution is 9.10. The second-order valence-electron chi connectivity index (χ2n) is 5.23. The zero-order valence-electron chi connectivity index (χ0n) is 11.4. The molecule has 106 valence electrons. The van der Waals surface area contributed by atoms with Crippen LogP contribution in [-0.2, 0) is 12.1 Å². The van der Waals surface area contributed by atoms with Crippen molar-refractivity contribution in [1.82, 2.24) is 5.32 Å². The number of hydrogen-bond donors (Lipinski definition) is 1. The minimum atomic E-state index is -0.235. The topological polar surface area (TPSA) is 12.0 Å². The van der Waals surface area contributed by atoms with Crippen LogP contribution in [0.4, 0.5) is 4.39 Å². The summed E-state index contributed by atoms with van der Waals surface area (Å²) in [7, 11) is 0. The van der Waals surface area contributed by atoms with E-state index in [1.807, 2.05) is 12.1 Å². The Balaban J connectivity index is 2.08. The summed E-state index contributed by atoms with van der Waals surface area (Å²) < 4.78 is 14.8. The maximum Gasteiger partial charge on any atom is 0.137 e. The average molecular weight is 401 g/mol. The Morgan fingerprint density at radius 3 is 2.30 bits per heavy atom. The van der Waals surface area contributed by atoms with E-state index in [0.717, 1.165) is 10.0 Å². The third kappa shape index (κ3) is 3.90. The highest BCUT2D eigenvalue weighted by atomic mass is 79.9. The summed E-state index contributed by atoms with van der Waals surface area (Å²) in [5.41, 5.74) is 2.10. The van der Waals surface area contributed by atoms with Gasteiger partial charge in [-0.1, -0.05) is 34.1 Å². The van der Waals surface area contributed by atoms with Crippen molar-refractivity contribution >= 4 is 31.9 Å². The van der Waals surface area contributed by atoms with Crippen LogP contribution in [0.15, 0.2) is 51.4 Å². The van der Waals surface area contributed by atoms with Crippen LogP contribution < -0.4 is 5.32 Å². The van der Waals surface area contributed by atoms with Gasteiger partial charge in [0.15, 0.2) is 0 Å². The van der Waals surface area contributed by atoms with Gasteiger partial charge in [0.05, 0.1) is 4.47 Å². The first-order chi connectivity index (χ1) is 9.38. The van der Waals surface area contributed by atoms with Gasteiger partial charge >= 0.3 is 0 Å². The van der Waals surface area contributed by atoms with Crippen LogP contribution in [0.5, 0.6) is 0 Å². The van der Waals surface area contributed by atoms with E-state index in [4.69, 9.17) is 0 Å². The molecule has 2 rings (SSSR count). The molecule has 0 bridgehead atoms. The Kier molecular flexibility index (Phi) is 4.99. The van der Waals surface area contributed by atoms with E-state index in [1.165, 1.54) is 11.6 Å². The summed E-state index contributed by atoms with van der Waals surface area (Å²) in [6, 6.07) is 13.3. The van der Waals surface area contributed by atoms with Crippen molar-refractivity contribution in [1.29, 1.82) is 0 Å². The molecule has 0 amide bonds. The summed E-state index contributed by atoms with van der Waals surface area (Å²) >= 11 is 6.65. The molecule has 0 saturated carbocycles. The van der Waals surface area contributed by atoms with Crippen molar-refractivity contribution in [2.75, 3.05) is 0 Å². The zero-order valence-corrected chi connectivity index (χ0v) is 14.6. The molecule has 1 N–H and O–H groups in total. The second kappa shape index (κ2) is 6.37. The molecule has 4 heteroatoms. The van der Waals surface area contributed by atoms with Crippen molar-refractivity contribution in [3.63, 3.8) is 0 Å². The molecule has 0 radical (unpaired) electrons. The Morgan fingerprint density at radius 1 is 1.05 bits per heavy atom. The number of hydrogen-bond acceptors (Lipinski definition) is 1. The third-order valence-electron chi connectivity index (χ3n) is 3.28. The van der Waals surface area contributed by atoms with Crippen LogP contribution in [-0.4, -0.2) is 0 Å². The van der Waals surface area contributed by atoms with E-state index in [0.29, 0.717) is 11.0 Å². The van der Waals surface area contributed by atoms with Gasteiger partial charge in [-0.2, -0.15) is 0 Å². The lowest BCUT2D eigenvalue weighted by atomic mass is 9.94. The quantitative estimate of drug-likeness (QED) is 0.726. The molecule has 1 nitrogen and oxygen atoms in total. The van der Waals surface area contributed by atoms with Crippen molar-refractivity contribution in [2.24, 2.45) is 0 Å². The maximum absolute atomic E-state index is 13.2. The van der Waals surface area contributed by atoms with Gasteiger partial charge in [0.25, 0.3) is 0 Å². The molecule has 2 aromatic rings. The highest BCUT2D eigenvalue weighted by Gasteiger charge is 2.19. The molecule has 0 aromatic heterocycles. The Hall–Kier alpha value is -0.710. The monoisotopic (exact) mass is 399 g/mol. The van der Waals surface area contributed by atoms with Gasteiger partial charge in [0, 0.05) is 16.6 Å². The van der Waals surface area contributed by atoms with Crippen molar-refractivity contribution in [3.8, 4) is 0 Å². The predicted molar refractivity (Wildman–Crippen MR) is 88.1 cm³/mol. The molecular formula is C16H16Br2FN. The lowest BCUT2D eigenvalue weighted by Gasteiger charge is -2.27. The molecule has 0 aliphatic carbocycles. The van der Waals surface area contributed by atoms with Crippen LogP contribution >= 0.6 is 31.9 Å². The Bertz CT molecular complexity index is 594. The summed E-state index contributed by atoms with van der Waals surface area (Å²) in [6.45, 7) is 4.95. The fourth-order valence-corrected chi connectivity index (χ4v) is 2.63. The van der Waals surface area contributed by atoms with Crippen LogP contribution in [0.25, 0.3) is 0 Å². The fraction of sp³-hybridized carbons (Fsp3) is 0.250. The number of halogens is 3. The lowest BCUT2D eigenvalue weighted by molar-refractivity contribution is 0.401. The summed E-state index contributed by atoms with van der Waals surface area (Å²) in [5.74, 6) is -0.235. The molecule has 0 aliphatic heterocycles. The smallest absolute Gasteiger partial charge is 0.137 e. The molecule has 20 heavy (non-hydrogen) atoms. The fourth-order valence-electron chi connectivity index (χ4n) is 1.94. The number of benzene rings is 2. The van der Waals surface area contributed by atoms with Gasteiger partial charge in [0.2, 0.25) is 0 Å². The summed E-state index contributed by atoms with van der Waals surface area (Å²) in [6.07, 6.45) is 0. The van der Waals surface area contributed by atoms with Gasteiger partial charge in [-0.25, -0.2) is 4.39 Å². The molecule has 0 atom stereocenters. The van der Waals surface area contributed by atoms with Gasteiger partial charge in [-0.3, -0.25) is 0 Å². The standard InChI is InChI=1S/C16H16Br2FN/c1-16(2,12-4-6-13(17)7-5-12)20-10-11-3-8-15(19)14(18)9-11/h3-9,20H,10H2,1-2H3. The van der Waals surface area contributed by atoms with Crippen LogP contribution in [0.1, 0.15) is 25.0 Å². The van der Waals surface area contributed by atoms with E-state index in [1.54, 1.807) is 12.1 Å². The minimum Gasteiger partial charge on any atom is -0.304 e. The van der Waals surface area contributed by atoms with E-state index >= 15 is 0 Å². The van der Waals surface area contributed by atoms with E-state index in [9.17, 15) is 4.39 Å². The first-order valence-electron chi connectivity index (χ1n) is 6.33. The second-order valence-corrected chi connectivity index (χ2v) is 7.00. The number of nitrogens with one attached hydrogen (secondary N) is 1. The van der Waals surface area contributed by atoms with Crippen molar-refractivity contribution in [3.05, 3.63) is 68.4 Å². The van der Waals surface area contributed by atoms with E-state index in [2.05, 4.69) is 63.2 Å². The molecule has 0 saturated heterocycles. The lowest BCUT2D eigenvalue weighted by Crippen LogP contribution is -2.35. The zero-order chi connectivity index (χ0) is 14.8. The minimum absolute atomic E-state index is 0.151. The first-order valence-corrected chi connectivity index (χ1v) is 7.92. The van der Waals surface area contributed by atoms with Gasteiger partial charge < -0.3 is 5.32 Å².